The van der Waals surface area contributed by atoms with Crippen molar-refractivity contribution >= 4 is 40.1 Å². The van der Waals surface area contributed by atoms with Crippen LogP contribution in [0.1, 0.15) is 32.6 Å². The molecule has 0 saturated heterocycles. The monoisotopic (exact) mass is 392 g/mol. The van der Waals surface area contributed by atoms with E-state index in [9.17, 15) is 0 Å². The Kier molecular flexibility index (Phi) is 5.89. The molecule has 2 aromatic heterocycles. The van der Waals surface area contributed by atoms with Crippen molar-refractivity contribution in [1.82, 2.24) is 14.5 Å². The number of nitrogen functional groups attached to an aromatic ring is 1. The zero-order valence-electron chi connectivity index (χ0n) is 14.9. The maximum Gasteiger partial charge on any atom is 0.147 e. The highest BCUT2D eigenvalue weighted by molar-refractivity contribution is 6.38. The molecule has 0 aliphatic heterocycles. The van der Waals surface area contributed by atoms with Crippen LogP contribution in [0, 0.1) is 0 Å². The third-order valence-electron chi connectivity index (χ3n) is 4.48. The van der Waals surface area contributed by atoms with Gasteiger partial charge in [0.1, 0.15) is 28.7 Å². The van der Waals surface area contributed by atoms with E-state index >= 15 is 0 Å². The summed E-state index contributed by atoms with van der Waals surface area (Å²) < 4.78 is 7.34. The number of methoxy groups -OCH3 is 1. The Morgan fingerprint density at radius 1 is 1.15 bits per heavy atom. The lowest BCUT2D eigenvalue weighted by Gasteiger charge is -2.09. The van der Waals surface area contributed by atoms with E-state index in [-0.39, 0.29) is 0 Å². The maximum absolute atomic E-state index is 6.78. The third kappa shape index (κ3) is 3.46. The van der Waals surface area contributed by atoms with E-state index in [0.717, 1.165) is 41.5 Å². The fourth-order valence-electron chi connectivity index (χ4n) is 3.13. The summed E-state index contributed by atoms with van der Waals surface area (Å²) in [4.78, 5) is 8.58. The van der Waals surface area contributed by atoms with Gasteiger partial charge in [-0.05, 0) is 24.6 Å². The number of fused-ring (bicyclic) bond motifs is 1. The first-order valence-corrected chi connectivity index (χ1v) is 9.46. The fourth-order valence-corrected chi connectivity index (χ4v) is 3.71. The molecule has 0 amide bonds. The van der Waals surface area contributed by atoms with Crippen LogP contribution in [-0.4, -0.2) is 21.6 Å². The van der Waals surface area contributed by atoms with Crippen molar-refractivity contribution in [1.29, 1.82) is 0 Å². The number of aryl methyl sites for hydroxylation is 1. The fraction of sp³-hybridized carbons (Fsp3) is 0.368. The molecule has 0 aliphatic carbocycles. The van der Waals surface area contributed by atoms with Crippen LogP contribution in [0.4, 0.5) is 5.82 Å². The van der Waals surface area contributed by atoms with E-state index < -0.39 is 0 Å². The molecular formula is C19H22Cl2N4O. The van der Waals surface area contributed by atoms with Gasteiger partial charge in [-0.2, -0.15) is 0 Å². The van der Waals surface area contributed by atoms with Crippen molar-refractivity contribution in [3.8, 4) is 16.9 Å². The van der Waals surface area contributed by atoms with Gasteiger partial charge in [-0.25, -0.2) is 9.97 Å². The average molecular weight is 393 g/mol. The summed E-state index contributed by atoms with van der Waals surface area (Å²) in [6, 6.07) is 5.46. The van der Waals surface area contributed by atoms with Crippen molar-refractivity contribution in [3.63, 3.8) is 0 Å². The van der Waals surface area contributed by atoms with E-state index in [4.69, 9.17) is 33.7 Å². The minimum atomic E-state index is 0.387. The van der Waals surface area contributed by atoms with Gasteiger partial charge in [-0.15, -0.1) is 0 Å². The standard InChI is InChI=1S/C19H22Cl2N4O/c1-3-4-5-6-9-25-17(21)15(16-18(22)23-11-24-19(16)25)13-10-12(26-2)7-8-14(13)20/h7-8,10-11H,3-6,9H2,1-2H3,(H2,22,23,24). The zero-order chi connectivity index (χ0) is 18.7. The zero-order valence-corrected chi connectivity index (χ0v) is 16.4. The molecule has 0 saturated carbocycles. The highest BCUT2D eigenvalue weighted by Crippen LogP contribution is 2.43. The van der Waals surface area contributed by atoms with Gasteiger partial charge in [0.25, 0.3) is 0 Å². The topological polar surface area (TPSA) is 66.0 Å². The van der Waals surface area contributed by atoms with Crippen LogP contribution in [0.3, 0.4) is 0 Å². The molecule has 0 aliphatic rings. The van der Waals surface area contributed by atoms with Crippen LogP contribution < -0.4 is 10.5 Å². The Labute approximate surface area is 163 Å². The molecule has 0 atom stereocenters. The molecule has 2 heterocycles. The summed E-state index contributed by atoms with van der Waals surface area (Å²) >= 11 is 13.2. The number of rotatable bonds is 7. The van der Waals surface area contributed by atoms with Gasteiger partial charge in [0.2, 0.25) is 0 Å². The van der Waals surface area contributed by atoms with Gasteiger partial charge in [-0.3, -0.25) is 0 Å². The first kappa shape index (κ1) is 18.8. The number of hydrogen-bond donors (Lipinski definition) is 1. The van der Waals surface area contributed by atoms with Crippen LogP contribution >= 0.6 is 23.2 Å². The molecule has 0 radical (unpaired) electrons. The van der Waals surface area contributed by atoms with Crippen LogP contribution in [-0.2, 0) is 6.54 Å². The smallest absolute Gasteiger partial charge is 0.147 e. The lowest BCUT2D eigenvalue weighted by Crippen LogP contribution is -2.00. The van der Waals surface area contributed by atoms with Gasteiger partial charge >= 0.3 is 0 Å². The van der Waals surface area contributed by atoms with Gasteiger partial charge < -0.3 is 15.0 Å². The Morgan fingerprint density at radius 2 is 1.96 bits per heavy atom. The van der Waals surface area contributed by atoms with E-state index in [1.165, 1.54) is 19.2 Å². The number of nitrogens with zero attached hydrogens (tertiary/aromatic N) is 3. The second-order valence-corrected chi connectivity index (χ2v) is 6.95. The predicted octanol–water partition coefficient (Wildman–Crippen LogP) is 5.58. The normalized spacial score (nSPS) is 11.2. The number of nitrogens with two attached hydrogens (primary N) is 1. The Morgan fingerprint density at radius 3 is 2.69 bits per heavy atom. The van der Waals surface area contributed by atoms with E-state index in [1.807, 2.05) is 16.7 Å². The lowest BCUT2D eigenvalue weighted by atomic mass is 10.1. The summed E-state index contributed by atoms with van der Waals surface area (Å²) in [5, 5.41) is 1.86. The number of anilines is 1. The second-order valence-electron chi connectivity index (χ2n) is 6.18. The summed E-state index contributed by atoms with van der Waals surface area (Å²) in [5.74, 6) is 1.08. The van der Waals surface area contributed by atoms with Crippen molar-refractivity contribution in [2.45, 2.75) is 39.2 Å². The number of hydrogen-bond acceptors (Lipinski definition) is 4. The second kappa shape index (κ2) is 8.14. The first-order valence-electron chi connectivity index (χ1n) is 8.70. The largest absolute Gasteiger partial charge is 0.497 e. The molecule has 26 heavy (non-hydrogen) atoms. The molecule has 1 aromatic carbocycles. The molecule has 0 bridgehead atoms. The number of halogens is 2. The minimum Gasteiger partial charge on any atom is -0.497 e. The molecule has 0 unspecified atom stereocenters. The highest BCUT2D eigenvalue weighted by atomic mass is 35.5. The molecule has 138 valence electrons. The quantitative estimate of drug-likeness (QED) is 0.533. The Bertz CT molecular complexity index is 924. The molecule has 3 rings (SSSR count). The van der Waals surface area contributed by atoms with E-state index in [1.54, 1.807) is 13.2 Å². The minimum absolute atomic E-state index is 0.387. The van der Waals surface area contributed by atoms with Crippen LogP contribution in [0.2, 0.25) is 10.2 Å². The summed E-state index contributed by atoms with van der Waals surface area (Å²) in [5.41, 5.74) is 8.41. The lowest BCUT2D eigenvalue weighted by molar-refractivity contribution is 0.415. The third-order valence-corrected chi connectivity index (χ3v) is 5.21. The van der Waals surface area contributed by atoms with Gasteiger partial charge in [-0.1, -0.05) is 49.4 Å². The molecule has 7 heteroatoms. The molecular weight excluding hydrogens is 371 g/mol. The van der Waals surface area contributed by atoms with Crippen molar-refractivity contribution in [3.05, 3.63) is 34.7 Å². The van der Waals surface area contributed by atoms with E-state index in [2.05, 4.69) is 16.9 Å². The van der Waals surface area contributed by atoms with Crippen molar-refractivity contribution in [2.24, 2.45) is 0 Å². The number of unbranched alkanes of at least 4 members (excludes halogenated alkanes) is 3. The SMILES string of the molecule is CCCCCCn1c(Cl)c(-c2cc(OC)ccc2Cl)c2c(N)ncnc21. The number of aromatic nitrogens is 3. The van der Waals surface area contributed by atoms with E-state index in [0.29, 0.717) is 21.7 Å². The Balaban J connectivity index is 2.18. The molecule has 3 aromatic rings. The summed E-state index contributed by atoms with van der Waals surface area (Å²) in [6.45, 7) is 2.96. The summed E-state index contributed by atoms with van der Waals surface area (Å²) in [7, 11) is 1.61. The van der Waals surface area contributed by atoms with Gasteiger partial charge in [0.15, 0.2) is 0 Å². The van der Waals surface area contributed by atoms with Crippen molar-refractivity contribution < 1.29 is 4.74 Å². The van der Waals surface area contributed by atoms with Gasteiger partial charge in [0.05, 0.1) is 12.5 Å². The molecule has 0 fully saturated rings. The van der Waals surface area contributed by atoms with Crippen molar-refractivity contribution in [2.75, 3.05) is 12.8 Å². The molecule has 2 N–H and O–H groups in total. The summed E-state index contributed by atoms with van der Waals surface area (Å²) in [6.07, 6.45) is 6.00. The molecule has 5 nitrogen and oxygen atoms in total. The predicted molar refractivity (Wildman–Crippen MR) is 108 cm³/mol. The number of ether oxygens (including phenoxy) is 1. The van der Waals surface area contributed by atoms with Crippen LogP contribution in [0.5, 0.6) is 5.75 Å². The van der Waals surface area contributed by atoms with Crippen LogP contribution in [0.15, 0.2) is 24.5 Å². The Hall–Kier alpha value is -1.98. The highest BCUT2D eigenvalue weighted by Gasteiger charge is 2.22. The van der Waals surface area contributed by atoms with Crippen LogP contribution in [0.25, 0.3) is 22.2 Å². The first-order chi connectivity index (χ1) is 12.6. The number of benzene rings is 1. The van der Waals surface area contributed by atoms with Gasteiger partial charge in [0, 0.05) is 22.7 Å². The average Bonchev–Trinajstić information content (AvgIpc) is 2.92. The molecule has 0 spiro atoms. The maximum atomic E-state index is 6.78.